The summed E-state index contributed by atoms with van der Waals surface area (Å²) in [6.07, 6.45) is 3.67. The van der Waals surface area contributed by atoms with E-state index in [0.717, 1.165) is 45.4 Å². The van der Waals surface area contributed by atoms with Crippen molar-refractivity contribution in [3.8, 4) is 5.75 Å². The SMILES string of the molecule is CCCc1nnc(SCc2ccc(Br)cc2)n1/N=C/c1ccc(OCC)cc1. The van der Waals surface area contributed by atoms with Crippen molar-refractivity contribution >= 4 is 33.9 Å². The lowest BCUT2D eigenvalue weighted by Crippen LogP contribution is -2.00. The normalized spacial score (nSPS) is 11.2. The van der Waals surface area contributed by atoms with E-state index in [1.807, 2.05) is 54.2 Å². The molecule has 0 N–H and O–H groups in total. The summed E-state index contributed by atoms with van der Waals surface area (Å²) in [6.45, 7) is 4.77. The van der Waals surface area contributed by atoms with Gasteiger partial charge in [0.25, 0.3) is 0 Å². The van der Waals surface area contributed by atoms with E-state index in [-0.39, 0.29) is 0 Å². The number of nitrogens with zero attached hydrogens (tertiary/aromatic N) is 4. The summed E-state index contributed by atoms with van der Waals surface area (Å²) < 4.78 is 8.42. The van der Waals surface area contributed by atoms with E-state index in [0.29, 0.717) is 6.61 Å². The Hall–Kier alpha value is -2.12. The van der Waals surface area contributed by atoms with E-state index in [9.17, 15) is 0 Å². The number of rotatable bonds is 9. The molecule has 2 aromatic carbocycles. The molecule has 0 aliphatic carbocycles. The monoisotopic (exact) mass is 458 g/mol. The quantitative estimate of drug-likeness (QED) is 0.310. The first-order chi connectivity index (χ1) is 13.7. The molecule has 146 valence electrons. The van der Waals surface area contributed by atoms with Crippen LogP contribution in [0.15, 0.2) is 63.3 Å². The fourth-order valence-corrected chi connectivity index (χ4v) is 3.68. The van der Waals surface area contributed by atoms with Crippen LogP contribution in [0.25, 0.3) is 0 Å². The lowest BCUT2D eigenvalue weighted by Gasteiger charge is -2.05. The Balaban J connectivity index is 1.75. The van der Waals surface area contributed by atoms with Crippen LogP contribution in [0.4, 0.5) is 0 Å². The number of thioether (sulfide) groups is 1. The minimum Gasteiger partial charge on any atom is -0.494 e. The van der Waals surface area contributed by atoms with E-state index in [1.165, 1.54) is 5.56 Å². The molecule has 0 atom stereocenters. The van der Waals surface area contributed by atoms with E-state index in [4.69, 9.17) is 4.74 Å². The van der Waals surface area contributed by atoms with E-state index in [1.54, 1.807) is 11.8 Å². The molecule has 0 unspecified atom stereocenters. The topological polar surface area (TPSA) is 52.3 Å². The Labute approximate surface area is 178 Å². The van der Waals surface area contributed by atoms with Crippen LogP contribution in [0, 0.1) is 0 Å². The van der Waals surface area contributed by atoms with Gasteiger partial charge in [0, 0.05) is 16.6 Å². The molecular formula is C21H23BrN4OS. The lowest BCUT2D eigenvalue weighted by molar-refractivity contribution is 0.340. The number of hydrogen-bond acceptors (Lipinski definition) is 5. The highest BCUT2D eigenvalue weighted by Crippen LogP contribution is 2.23. The molecule has 28 heavy (non-hydrogen) atoms. The first kappa shape index (κ1) is 20.6. The van der Waals surface area contributed by atoms with Crippen LogP contribution in [-0.4, -0.2) is 27.7 Å². The average molecular weight is 459 g/mol. The van der Waals surface area contributed by atoms with Gasteiger partial charge in [-0.3, -0.25) is 0 Å². The van der Waals surface area contributed by atoms with Crippen molar-refractivity contribution < 1.29 is 4.74 Å². The smallest absolute Gasteiger partial charge is 0.212 e. The predicted molar refractivity (Wildman–Crippen MR) is 118 cm³/mol. The fourth-order valence-electron chi connectivity index (χ4n) is 2.55. The van der Waals surface area contributed by atoms with Crippen LogP contribution < -0.4 is 4.74 Å². The van der Waals surface area contributed by atoms with Gasteiger partial charge in [-0.25, -0.2) is 0 Å². The highest BCUT2D eigenvalue weighted by Gasteiger charge is 2.11. The van der Waals surface area contributed by atoms with Gasteiger partial charge in [-0.15, -0.1) is 10.2 Å². The van der Waals surface area contributed by atoms with Gasteiger partial charge in [0.2, 0.25) is 5.16 Å². The molecule has 0 aliphatic heterocycles. The average Bonchev–Trinajstić information content (AvgIpc) is 3.09. The predicted octanol–water partition coefficient (Wildman–Crippen LogP) is 5.57. The van der Waals surface area contributed by atoms with Gasteiger partial charge >= 0.3 is 0 Å². The second kappa shape index (κ2) is 10.4. The zero-order valence-electron chi connectivity index (χ0n) is 16.0. The maximum absolute atomic E-state index is 5.49. The minimum atomic E-state index is 0.660. The van der Waals surface area contributed by atoms with Gasteiger partial charge in [-0.05, 0) is 60.9 Å². The van der Waals surface area contributed by atoms with Gasteiger partial charge in [-0.1, -0.05) is 46.7 Å². The van der Waals surface area contributed by atoms with E-state index in [2.05, 4.69) is 50.3 Å². The molecule has 0 saturated heterocycles. The van der Waals surface area contributed by atoms with Crippen LogP contribution in [0.3, 0.4) is 0 Å². The van der Waals surface area contributed by atoms with Gasteiger partial charge in [0.1, 0.15) is 5.75 Å². The largest absolute Gasteiger partial charge is 0.494 e. The molecule has 3 rings (SSSR count). The second-order valence-electron chi connectivity index (χ2n) is 6.12. The molecule has 0 radical (unpaired) electrons. The Morgan fingerprint density at radius 2 is 1.82 bits per heavy atom. The summed E-state index contributed by atoms with van der Waals surface area (Å²) in [6, 6.07) is 16.2. The zero-order chi connectivity index (χ0) is 19.8. The third kappa shape index (κ3) is 5.69. The van der Waals surface area contributed by atoms with E-state index < -0.39 is 0 Å². The number of aromatic nitrogens is 3. The highest BCUT2D eigenvalue weighted by molar-refractivity contribution is 9.10. The number of halogens is 1. The summed E-state index contributed by atoms with van der Waals surface area (Å²) in [7, 11) is 0. The molecule has 0 saturated carbocycles. The molecule has 3 aromatic rings. The molecule has 7 heteroatoms. The van der Waals surface area contributed by atoms with Crippen molar-refractivity contribution in [2.24, 2.45) is 5.10 Å². The van der Waals surface area contributed by atoms with Crippen molar-refractivity contribution in [1.82, 2.24) is 14.9 Å². The molecule has 0 aliphatic rings. The first-order valence-corrected chi connectivity index (χ1v) is 11.1. The molecule has 1 aromatic heterocycles. The third-order valence-electron chi connectivity index (χ3n) is 3.94. The van der Waals surface area contributed by atoms with Crippen LogP contribution in [0.1, 0.15) is 37.2 Å². The molecule has 1 heterocycles. The lowest BCUT2D eigenvalue weighted by atomic mass is 10.2. The zero-order valence-corrected chi connectivity index (χ0v) is 18.4. The second-order valence-corrected chi connectivity index (χ2v) is 7.98. The third-order valence-corrected chi connectivity index (χ3v) is 5.46. The molecule has 5 nitrogen and oxygen atoms in total. The highest BCUT2D eigenvalue weighted by atomic mass is 79.9. The molecular weight excluding hydrogens is 436 g/mol. The maximum Gasteiger partial charge on any atom is 0.212 e. The summed E-state index contributed by atoms with van der Waals surface area (Å²) in [4.78, 5) is 0. The van der Waals surface area contributed by atoms with Gasteiger partial charge in [-0.2, -0.15) is 9.78 Å². The summed E-state index contributed by atoms with van der Waals surface area (Å²) in [5.74, 6) is 2.56. The molecule has 0 bridgehead atoms. The Morgan fingerprint density at radius 3 is 2.50 bits per heavy atom. The number of hydrogen-bond donors (Lipinski definition) is 0. The fraction of sp³-hybridized carbons (Fsp3) is 0.286. The Kier molecular flexibility index (Phi) is 7.68. The van der Waals surface area contributed by atoms with Crippen LogP contribution in [0.5, 0.6) is 5.75 Å². The van der Waals surface area contributed by atoms with Crippen molar-refractivity contribution in [2.45, 2.75) is 37.6 Å². The van der Waals surface area contributed by atoms with Gasteiger partial charge in [0.15, 0.2) is 5.82 Å². The minimum absolute atomic E-state index is 0.660. The van der Waals surface area contributed by atoms with Crippen LogP contribution >= 0.6 is 27.7 Å². The van der Waals surface area contributed by atoms with Crippen molar-refractivity contribution in [2.75, 3.05) is 6.61 Å². The van der Waals surface area contributed by atoms with Crippen LogP contribution in [0.2, 0.25) is 0 Å². The Bertz CT molecular complexity index is 907. The maximum atomic E-state index is 5.49. The van der Waals surface area contributed by atoms with Gasteiger partial charge in [0.05, 0.1) is 12.8 Å². The summed E-state index contributed by atoms with van der Waals surface area (Å²) >= 11 is 5.11. The summed E-state index contributed by atoms with van der Waals surface area (Å²) in [5.41, 5.74) is 2.23. The number of ether oxygens (including phenoxy) is 1. The Morgan fingerprint density at radius 1 is 1.07 bits per heavy atom. The number of benzene rings is 2. The standard InChI is InChI=1S/C21H23BrN4OS/c1-3-5-20-24-25-21(28-15-17-6-10-18(22)11-7-17)26(20)23-14-16-8-12-19(13-9-16)27-4-2/h6-14H,3-5,15H2,1-2H3/b23-14+. The molecule has 0 amide bonds. The van der Waals surface area contributed by atoms with Crippen molar-refractivity contribution in [3.63, 3.8) is 0 Å². The van der Waals surface area contributed by atoms with E-state index >= 15 is 0 Å². The number of aryl methyl sites for hydroxylation is 1. The van der Waals surface area contributed by atoms with Crippen molar-refractivity contribution in [3.05, 3.63) is 70.0 Å². The molecule has 0 fully saturated rings. The van der Waals surface area contributed by atoms with Crippen molar-refractivity contribution in [1.29, 1.82) is 0 Å². The van der Waals surface area contributed by atoms with Gasteiger partial charge < -0.3 is 4.74 Å². The van der Waals surface area contributed by atoms with Crippen LogP contribution in [-0.2, 0) is 12.2 Å². The first-order valence-electron chi connectivity index (χ1n) is 9.28. The summed E-state index contributed by atoms with van der Waals surface area (Å²) in [5, 5.41) is 14.1. The molecule has 0 spiro atoms.